The fourth-order valence-electron chi connectivity index (χ4n) is 3.25. The number of carbonyl (C=O) groups is 6. The van der Waals surface area contributed by atoms with Crippen molar-refractivity contribution in [2.24, 2.45) is 11.8 Å². The van der Waals surface area contributed by atoms with Crippen LogP contribution in [-0.2, 0) is 44.7 Å². The van der Waals surface area contributed by atoms with Crippen molar-refractivity contribution >= 4 is 35.7 Å². The smallest absolute Gasteiger partial charge is 0.328 e. The van der Waals surface area contributed by atoms with Crippen LogP contribution in [-0.4, -0.2) is 61.0 Å². The topological polar surface area (TPSA) is 163 Å². The van der Waals surface area contributed by atoms with Gasteiger partial charge >= 0.3 is 23.9 Å². The minimum atomic E-state index is -1.12. The van der Waals surface area contributed by atoms with Gasteiger partial charge < -0.3 is 29.6 Å². The molecule has 0 aliphatic heterocycles. The van der Waals surface area contributed by atoms with Crippen LogP contribution in [0.1, 0.15) is 66.9 Å². The number of benzene rings is 1. The van der Waals surface area contributed by atoms with Crippen LogP contribution in [0.3, 0.4) is 0 Å². The highest BCUT2D eigenvalue weighted by Crippen LogP contribution is 2.30. The summed E-state index contributed by atoms with van der Waals surface area (Å²) in [5, 5.41) is 5.05. The number of amides is 2. The molecule has 40 heavy (non-hydrogen) atoms. The van der Waals surface area contributed by atoms with Crippen molar-refractivity contribution in [3.05, 3.63) is 23.8 Å². The minimum Gasteiger partial charge on any atom is -0.464 e. The summed E-state index contributed by atoms with van der Waals surface area (Å²) in [5.41, 5.74) is 0.483. The van der Waals surface area contributed by atoms with E-state index in [1.807, 2.05) is 0 Å². The standard InChI is InChI=1S/C28H40N2O10/c1-8-37-27(35)20(29-18(7)31)11-13-24(32)30-21(28(36)38-9-2)14-19-10-12-22(39-25(33)16(3)4)23(15-19)40-26(34)17(5)6/h10,12,15-17,20-21H,8-9,11,13-14H2,1-7H3,(H,29,31)(H,30,32)/t20-,21-/m0/s1. The number of ether oxygens (including phenoxy) is 4. The van der Waals surface area contributed by atoms with E-state index in [9.17, 15) is 28.8 Å². The first kappa shape index (κ1) is 34.1. The molecule has 2 N–H and O–H groups in total. The van der Waals surface area contributed by atoms with Gasteiger partial charge in [-0.25, -0.2) is 9.59 Å². The first-order valence-corrected chi connectivity index (χ1v) is 13.2. The molecule has 0 heterocycles. The Balaban J connectivity index is 3.14. The summed E-state index contributed by atoms with van der Waals surface area (Å²) in [4.78, 5) is 73.4. The summed E-state index contributed by atoms with van der Waals surface area (Å²) in [5.74, 6) is -4.32. The van der Waals surface area contributed by atoms with Crippen LogP contribution in [0, 0.1) is 11.8 Å². The van der Waals surface area contributed by atoms with Crippen LogP contribution in [0.15, 0.2) is 18.2 Å². The Kier molecular flexibility index (Phi) is 14.4. The third-order valence-corrected chi connectivity index (χ3v) is 5.33. The Bertz CT molecular complexity index is 1070. The highest BCUT2D eigenvalue weighted by Gasteiger charge is 2.26. The normalized spacial score (nSPS) is 12.2. The van der Waals surface area contributed by atoms with E-state index in [2.05, 4.69) is 10.6 Å². The van der Waals surface area contributed by atoms with E-state index in [1.165, 1.54) is 19.1 Å². The van der Waals surface area contributed by atoms with Gasteiger partial charge in [0.05, 0.1) is 25.0 Å². The van der Waals surface area contributed by atoms with Gasteiger partial charge in [-0.3, -0.25) is 19.2 Å². The number of nitrogens with one attached hydrogen (secondary N) is 2. The Morgan fingerprint density at radius 2 is 1.25 bits per heavy atom. The van der Waals surface area contributed by atoms with E-state index in [-0.39, 0.29) is 44.0 Å². The number of rotatable bonds is 15. The van der Waals surface area contributed by atoms with Crippen molar-refractivity contribution in [2.75, 3.05) is 13.2 Å². The fourth-order valence-corrected chi connectivity index (χ4v) is 3.25. The molecule has 1 rings (SSSR count). The van der Waals surface area contributed by atoms with Crippen molar-refractivity contribution in [3.8, 4) is 11.5 Å². The first-order chi connectivity index (χ1) is 18.8. The lowest BCUT2D eigenvalue weighted by Crippen LogP contribution is -2.45. The summed E-state index contributed by atoms with van der Waals surface area (Å²) < 4.78 is 20.9. The maximum atomic E-state index is 12.7. The van der Waals surface area contributed by atoms with E-state index < -0.39 is 59.6 Å². The number of hydrogen-bond acceptors (Lipinski definition) is 10. The van der Waals surface area contributed by atoms with Gasteiger partial charge in [-0.1, -0.05) is 33.8 Å². The van der Waals surface area contributed by atoms with Crippen LogP contribution in [0.4, 0.5) is 0 Å². The zero-order chi connectivity index (χ0) is 30.4. The predicted octanol–water partition coefficient (Wildman–Crippen LogP) is 2.25. The lowest BCUT2D eigenvalue weighted by atomic mass is 10.0. The number of esters is 4. The van der Waals surface area contributed by atoms with Gasteiger partial charge in [0.25, 0.3) is 0 Å². The molecule has 12 nitrogen and oxygen atoms in total. The van der Waals surface area contributed by atoms with Crippen molar-refractivity contribution in [1.29, 1.82) is 0 Å². The zero-order valence-electron chi connectivity index (χ0n) is 24.2. The predicted molar refractivity (Wildman–Crippen MR) is 143 cm³/mol. The molecule has 0 bridgehead atoms. The number of carbonyl (C=O) groups excluding carboxylic acids is 6. The third kappa shape index (κ3) is 11.8. The monoisotopic (exact) mass is 564 g/mol. The average molecular weight is 565 g/mol. The molecule has 0 saturated heterocycles. The summed E-state index contributed by atoms with van der Waals surface area (Å²) in [7, 11) is 0. The Morgan fingerprint density at radius 1 is 0.725 bits per heavy atom. The highest BCUT2D eigenvalue weighted by atomic mass is 16.6. The molecule has 0 aliphatic rings. The molecule has 0 fully saturated rings. The summed E-state index contributed by atoms with van der Waals surface area (Å²) in [6, 6.07) is 2.33. The molecular formula is C28H40N2O10. The zero-order valence-corrected chi connectivity index (χ0v) is 24.2. The van der Waals surface area contributed by atoms with E-state index >= 15 is 0 Å². The van der Waals surface area contributed by atoms with Crippen LogP contribution in [0.25, 0.3) is 0 Å². The second kappa shape index (κ2) is 16.9. The molecule has 1 aromatic rings. The van der Waals surface area contributed by atoms with Gasteiger partial charge in [-0.05, 0) is 38.0 Å². The molecule has 0 saturated carbocycles. The maximum absolute atomic E-state index is 12.7. The largest absolute Gasteiger partial charge is 0.464 e. The van der Waals surface area contributed by atoms with Crippen molar-refractivity contribution in [3.63, 3.8) is 0 Å². The van der Waals surface area contributed by atoms with Crippen LogP contribution in [0.5, 0.6) is 11.5 Å². The van der Waals surface area contributed by atoms with E-state index in [1.54, 1.807) is 47.6 Å². The molecule has 2 amide bonds. The van der Waals surface area contributed by atoms with Gasteiger partial charge in [0, 0.05) is 19.8 Å². The minimum absolute atomic E-state index is 0.00767. The lowest BCUT2D eigenvalue weighted by Gasteiger charge is -2.20. The molecule has 0 aromatic heterocycles. The molecule has 1 aromatic carbocycles. The quantitative estimate of drug-likeness (QED) is 0.239. The third-order valence-electron chi connectivity index (χ3n) is 5.33. The molecular weight excluding hydrogens is 524 g/mol. The summed E-state index contributed by atoms with van der Waals surface area (Å²) in [6.45, 7) is 11.3. The number of hydrogen-bond donors (Lipinski definition) is 2. The van der Waals surface area contributed by atoms with Gasteiger partial charge in [0.15, 0.2) is 11.5 Å². The Hall–Kier alpha value is -3.96. The highest BCUT2D eigenvalue weighted by molar-refractivity contribution is 5.86. The van der Waals surface area contributed by atoms with Crippen molar-refractivity contribution in [2.45, 2.75) is 79.8 Å². The molecule has 0 aliphatic carbocycles. The molecule has 222 valence electrons. The molecule has 0 spiro atoms. The van der Waals surface area contributed by atoms with E-state index in [0.29, 0.717) is 5.56 Å². The first-order valence-electron chi connectivity index (χ1n) is 13.2. The molecule has 0 radical (unpaired) electrons. The fraction of sp³-hybridized carbons (Fsp3) is 0.571. The average Bonchev–Trinajstić information content (AvgIpc) is 2.87. The van der Waals surface area contributed by atoms with Crippen LogP contribution >= 0.6 is 0 Å². The van der Waals surface area contributed by atoms with E-state index in [0.717, 1.165) is 0 Å². The Labute approximate surface area is 234 Å². The SMILES string of the molecule is CCOC(=O)[C@H](CCC(=O)N[C@@H](Cc1ccc(OC(=O)C(C)C)c(OC(=O)C(C)C)c1)C(=O)OCC)NC(C)=O. The van der Waals surface area contributed by atoms with Gasteiger partial charge in [-0.15, -0.1) is 0 Å². The van der Waals surface area contributed by atoms with Gasteiger partial charge in [0.2, 0.25) is 11.8 Å². The molecule has 2 atom stereocenters. The Morgan fingerprint density at radius 3 is 1.75 bits per heavy atom. The van der Waals surface area contributed by atoms with Crippen molar-refractivity contribution in [1.82, 2.24) is 10.6 Å². The van der Waals surface area contributed by atoms with E-state index in [4.69, 9.17) is 18.9 Å². The molecule has 0 unspecified atom stereocenters. The lowest BCUT2D eigenvalue weighted by molar-refractivity contribution is -0.148. The van der Waals surface area contributed by atoms with Gasteiger partial charge in [0.1, 0.15) is 12.1 Å². The van der Waals surface area contributed by atoms with Gasteiger partial charge in [-0.2, -0.15) is 0 Å². The van der Waals surface area contributed by atoms with Crippen molar-refractivity contribution < 1.29 is 47.7 Å². The summed E-state index contributed by atoms with van der Waals surface area (Å²) >= 11 is 0. The maximum Gasteiger partial charge on any atom is 0.328 e. The molecule has 12 heteroatoms. The van der Waals surface area contributed by atoms with Crippen LogP contribution < -0.4 is 20.1 Å². The second-order valence-corrected chi connectivity index (χ2v) is 9.55. The second-order valence-electron chi connectivity index (χ2n) is 9.55. The summed E-state index contributed by atoms with van der Waals surface area (Å²) in [6.07, 6.45) is -0.284. The van der Waals surface area contributed by atoms with Crippen LogP contribution in [0.2, 0.25) is 0 Å².